The molecule has 0 radical (unpaired) electrons. The smallest absolute Gasteiger partial charge is 0.274 e. The molecule has 5 heterocycles. The minimum Gasteiger partial charge on any atom is -0.370 e. The van der Waals surface area contributed by atoms with Gasteiger partial charge in [0, 0.05) is 56.1 Å². The number of morpholine rings is 1. The summed E-state index contributed by atoms with van der Waals surface area (Å²) in [4.78, 5) is 25.7. The van der Waals surface area contributed by atoms with E-state index in [1.54, 1.807) is 12.1 Å². The van der Waals surface area contributed by atoms with Gasteiger partial charge in [0.15, 0.2) is 11.5 Å². The van der Waals surface area contributed by atoms with E-state index in [0.29, 0.717) is 30.9 Å². The zero-order valence-corrected chi connectivity index (χ0v) is 19.4. The van der Waals surface area contributed by atoms with Crippen LogP contribution in [0.5, 0.6) is 0 Å². The molecule has 0 spiro atoms. The summed E-state index contributed by atoms with van der Waals surface area (Å²) in [5.41, 5.74) is 5.09. The van der Waals surface area contributed by atoms with Crippen molar-refractivity contribution in [2.24, 2.45) is 0 Å². The van der Waals surface area contributed by atoms with Crippen LogP contribution in [0.3, 0.4) is 0 Å². The molecule has 4 aromatic rings. The fourth-order valence-corrected chi connectivity index (χ4v) is 4.93. The molecular formula is C26H25FN6O2. The Morgan fingerprint density at radius 1 is 1.09 bits per heavy atom. The van der Waals surface area contributed by atoms with Crippen molar-refractivity contribution in [2.45, 2.75) is 26.0 Å². The van der Waals surface area contributed by atoms with Crippen LogP contribution in [0.1, 0.15) is 28.5 Å². The molecule has 35 heavy (non-hydrogen) atoms. The van der Waals surface area contributed by atoms with Crippen LogP contribution < -0.4 is 15.4 Å². The van der Waals surface area contributed by atoms with Gasteiger partial charge in [0.1, 0.15) is 11.9 Å². The first-order valence-corrected chi connectivity index (χ1v) is 11.8. The topological polar surface area (TPSA) is 75.9 Å². The van der Waals surface area contributed by atoms with Crippen molar-refractivity contribution in [3.8, 4) is 0 Å². The van der Waals surface area contributed by atoms with Crippen molar-refractivity contribution in [2.75, 3.05) is 36.0 Å². The number of pyridine rings is 1. The van der Waals surface area contributed by atoms with Gasteiger partial charge in [-0.15, -0.1) is 5.10 Å². The second-order valence-electron chi connectivity index (χ2n) is 9.00. The molecule has 0 bridgehead atoms. The first-order valence-electron chi connectivity index (χ1n) is 11.8. The summed E-state index contributed by atoms with van der Waals surface area (Å²) in [7, 11) is 0. The van der Waals surface area contributed by atoms with Crippen LogP contribution in [0, 0.1) is 12.7 Å². The highest BCUT2D eigenvalue weighted by Gasteiger charge is 2.26. The number of benzene rings is 1. The predicted molar refractivity (Wildman–Crippen MR) is 130 cm³/mol. The standard InChI is InChI=1S/C26H25FN6O2/c1-17-12-24-28-8-6-25(34)33(24)30-26(17)32-9-7-22-18(15-32)13-19(14-29-22)31-10-11-35-23(16-31)20-4-2-3-5-21(20)27/h2-6,8,12-14,23H,7,9-11,15-16H2,1H3. The van der Waals surface area contributed by atoms with Gasteiger partial charge in [-0.25, -0.2) is 9.37 Å². The minimum atomic E-state index is -0.325. The third kappa shape index (κ3) is 4.01. The van der Waals surface area contributed by atoms with Crippen molar-refractivity contribution in [3.63, 3.8) is 0 Å². The molecule has 9 heteroatoms. The van der Waals surface area contributed by atoms with Gasteiger partial charge in [-0.3, -0.25) is 9.78 Å². The molecule has 0 amide bonds. The third-order valence-electron chi connectivity index (χ3n) is 6.75. The van der Waals surface area contributed by atoms with Crippen LogP contribution in [0.4, 0.5) is 15.9 Å². The lowest BCUT2D eigenvalue weighted by molar-refractivity contribution is 0.0375. The maximum atomic E-state index is 14.3. The Morgan fingerprint density at radius 2 is 1.97 bits per heavy atom. The minimum absolute atomic E-state index is 0.200. The number of rotatable bonds is 3. The SMILES string of the molecule is Cc1cc2nccc(=O)n2nc1N1CCc2ncc(N3CCOC(c4ccccc4F)C3)cc2C1. The Hall–Kier alpha value is -3.85. The van der Waals surface area contributed by atoms with Gasteiger partial charge in [-0.05, 0) is 36.2 Å². The maximum Gasteiger partial charge on any atom is 0.274 e. The number of hydrogen-bond donors (Lipinski definition) is 0. The van der Waals surface area contributed by atoms with Gasteiger partial charge in [0.2, 0.25) is 0 Å². The summed E-state index contributed by atoms with van der Waals surface area (Å²) in [6.45, 7) is 5.20. The van der Waals surface area contributed by atoms with E-state index in [9.17, 15) is 9.18 Å². The number of aromatic nitrogens is 4. The number of hydrogen-bond acceptors (Lipinski definition) is 7. The highest BCUT2D eigenvalue weighted by atomic mass is 19.1. The van der Waals surface area contributed by atoms with Crippen molar-refractivity contribution in [1.29, 1.82) is 0 Å². The molecule has 8 nitrogen and oxygen atoms in total. The molecule has 1 unspecified atom stereocenters. The monoisotopic (exact) mass is 472 g/mol. The molecule has 2 aliphatic rings. The second-order valence-corrected chi connectivity index (χ2v) is 9.00. The Labute approximate surface area is 201 Å². The van der Waals surface area contributed by atoms with E-state index in [1.807, 2.05) is 25.3 Å². The van der Waals surface area contributed by atoms with E-state index >= 15 is 0 Å². The average molecular weight is 473 g/mol. The Balaban J connectivity index is 1.27. The lowest BCUT2D eigenvalue weighted by Gasteiger charge is -2.36. The maximum absolute atomic E-state index is 14.3. The van der Waals surface area contributed by atoms with Crippen LogP contribution in [0.2, 0.25) is 0 Å². The molecule has 0 saturated carbocycles. The number of anilines is 2. The van der Waals surface area contributed by atoms with Gasteiger partial charge in [0.25, 0.3) is 5.56 Å². The van der Waals surface area contributed by atoms with Gasteiger partial charge >= 0.3 is 0 Å². The van der Waals surface area contributed by atoms with Crippen LogP contribution in [-0.2, 0) is 17.7 Å². The fraction of sp³-hybridized carbons (Fsp3) is 0.308. The average Bonchev–Trinajstić information content (AvgIpc) is 2.88. The molecule has 2 aliphatic heterocycles. The van der Waals surface area contributed by atoms with Crippen molar-refractivity contribution in [1.82, 2.24) is 19.6 Å². The number of halogens is 1. The van der Waals surface area contributed by atoms with Crippen LogP contribution in [-0.4, -0.2) is 45.8 Å². The van der Waals surface area contributed by atoms with Gasteiger partial charge in [0.05, 0.1) is 18.5 Å². The quantitative estimate of drug-likeness (QED) is 0.454. The molecule has 0 N–H and O–H groups in total. The number of nitrogens with zero attached hydrogens (tertiary/aromatic N) is 6. The molecule has 178 valence electrons. The van der Waals surface area contributed by atoms with E-state index in [1.165, 1.54) is 22.8 Å². The van der Waals surface area contributed by atoms with Gasteiger partial charge < -0.3 is 14.5 Å². The summed E-state index contributed by atoms with van der Waals surface area (Å²) in [6.07, 6.45) is 3.88. The van der Waals surface area contributed by atoms with Crippen LogP contribution in [0.25, 0.3) is 5.65 Å². The summed E-state index contributed by atoms with van der Waals surface area (Å²) >= 11 is 0. The number of fused-ring (bicyclic) bond motifs is 2. The molecule has 1 fully saturated rings. The van der Waals surface area contributed by atoms with Crippen LogP contribution >= 0.6 is 0 Å². The normalized spacial score (nSPS) is 18.1. The number of aryl methyl sites for hydroxylation is 1. The third-order valence-corrected chi connectivity index (χ3v) is 6.75. The summed E-state index contributed by atoms with van der Waals surface area (Å²) < 4.78 is 21.6. The molecule has 1 atom stereocenters. The lowest BCUT2D eigenvalue weighted by atomic mass is 10.0. The van der Waals surface area contributed by atoms with Gasteiger partial charge in [-0.1, -0.05) is 18.2 Å². The summed E-state index contributed by atoms with van der Waals surface area (Å²) in [6, 6.07) is 12.3. The van der Waals surface area contributed by atoms with Crippen molar-refractivity contribution >= 4 is 17.2 Å². The fourth-order valence-electron chi connectivity index (χ4n) is 4.93. The largest absolute Gasteiger partial charge is 0.370 e. The first-order chi connectivity index (χ1) is 17.1. The highest BCUT2D eigenvalue weighted by Crippen LogP contribution is 2.30. The number of ether oxygens (including phenoxy) is 1. The molecule has 0 aliphatic carbocycles. The second kappa shape index (κ2) is 8.74. The lowest BCUT2D eigenvalue weighted by Crippen LogP contribution is -2.39. The first kappa shape index (κ1) is 21.7. The Morgan fingerprint density at radius 3 is 2.86 bits per heavy atom. The Kier molecular flexibility index (Phi) is 5.41. The molecule has 3 aromatic heterocycles. The zero-order valence-electron chi connectivity index (χ0n) is 19.4. The van der Waals surface area contributed by atoms with E-state index in [2.05, 4.69) is 25.9 Å². The van der Waals surface area contributed by atoms with Crippen molar-refractivity contribution in [3.05, 3.63) is 93.4 Å². The van der Waals surface area contributed by atoms with E-state index < -0.39 is 0 Å². The molecule has 1 aromatic carbocycles. The van der Waals surface area contributed by atoms with E-state index in [4.69, 9.17) is 9.72 Å². The predicted octanol–water partition coefficient (Wildman–Crippen LogP) is 3.07. The summed E-state index contributed by atoms with van der Waals surface area (Å²) in [5, 5.41) is 4.62. The zero-order chi connectivity index (χ0) is 23.9. The van der Waals surface area contributed by atoms with Crippen LogP contribution in [0.15, 0.2) is 59.7 Å². The molecular weight excluding hydrogens is 447 g/mol. The molecule has 1 saturated heterocycles. The molecule has 6 rings (SSSR count). The Bertz CT molecular complexity index is 1470. The summed E-state index contributed by atoms with van der Waals surface area (Å²) in [5.74, 6) is 0.528. The van der Waals surface area contributed by atoms with Gasteiger partial charge in [-0.2, -0.15) is 4.52 Å². The van der Waals surface area contributed by atoms with Crippen molar-refractivity contribution < 1.29 is 9.13 Å². The van der Waals surface area contributed by atoms with E-state index in [-0.39, 0.29) is 17.5 Å². The van der Waals surface area contributed by atoms with E-state index in [0.717, 1.165) is 47.8 Å². The highest BCUT2D eigenvalue weighted by molar-refractivity contribution is 5.55.